The zero-order chi connectivity index (χ0) is 15.1. The van der Waals surface area contributed by atoms with E-state index in [1.165, 1.54) is 5.56 Å². The molecule has 1 aliphatic carbocycles. The van der Waals surface area contributed by atoms with Crippen molar-refractivity contribution in [1.82, 2.24) is 0 Å². The molecular weight excluding hydrogens is 263 g/mol. The lowest BCUT2D eigenvalue weighted by atomic mass is 9.71. The average molecular weight is 285 g/mol. The standard InChI is InChI=1S/C16H22F3N/c1-10-8-12(3)14(9-11(10)2)15(20)6-4-13(5-7-15)16(17,18)19/h8-9,13H,4-7,20H2,1-3H3. The lowest BCUT2D eigenvalue weighted by Gasteiger charge is -2.39. The highest BCUT2D eigenvalue weighted by atomic mass is 19.4. The van der Waals surface area contributed by atoms with Gasteiger partial charge >= 0.3 is 6.18 Å². The number of benzene rings is 1. The van der Waals surface area contributed by atoms with Gasteiger partial charge in [0, 0.05) is 5.54 Å². The molecule has 1 nitrogen and oxygen atoms in total. The molecule has 0 amide bonds. The molecule has 2 N–H and O–H groups in total. The first kappa shape index (κ1) is 15.4. The molecule has 1 aliphatic rings. The molecule has 0 bridgehead atoms. The van der Waals surface area contributed by atoms with Crippen LogP contribution in [0.15, 0.2) is 12.1 Å². The van der Waals surface area contributed by atoms with Gasteiger partial charge in [0.1, 0.15) is 0 Å². The Hall–Kier alpha value is -1.03. The molecule has 2 rings (SSSR count). The van der Waals surface area contributed by atoms with Crippen LogP contribution < -0.4 is 5.73 Å². The normalized spacial score (nSPS) is 27.6. The third-order valence-electron chi connectivity index (χ3n) is 4.72. The first-order chi connectivity index (χ1) is 9.13. The molecular formula is C16H22F3N. The first-order valence-electron chi connectivity index (χ1n) is 7.07. The summed E-state index contributed by atoms with van der Waals surface area (Å²) in [5.41, 5.74) is 10.3. The van der Waals surface area contributed by atoms with E-state index in [0.29, 0.717) is 12.8 Å². The maximum Gasteiger partial charge on any atom is 0.391 e. The van der Waals surface area contributed by atoms with E-state index in [9.17, 15) is 13.2 Å². The summed E-state index contributed by atoms with van der Waals surface area (Å²) in [5.74, 6) is -1.19. The first-order valence-corrected chi connectivity index (χ1v) is 7.07. The lowest BCUT2D eigenvalue weighted by molar-refractivity contribution is -0.184. The zero-order valence-corrected chi connectivity index (χ0v) is 12.3. The molecule has 0 heterocycles. The highest BCUT2D eigenvalue weighted by Gasteiger charge is 2.45. The van der Waals surface area contributed by atoms with Gasteiger partial charge in [-0.15, -0.1) is 0 Å². The second kappa shape index (κ2) is 5.06. The maximum absolute atomic E-state index is 12.8. The second-order valence-electron chi connectivity index (χ2n) is 6.22. The Balaban J connectivity index is 2.24. The summed E-state index contributed by atoms with van der Waals surface area (Å²) >= 11 is 0. The predicted octanol–water partition coefficient (Wildman–Crippen LogP) is 4.52. The average Bonchev–Trinajstić information content (AvgIpc) is 2.33. The van der Waals surface area contributed by atoms with Crippen molar-refractivity contribution in [1.29, 1.82) is 0 Å². The molecule has 0 atom stereocenters. The number of hydrogen-bond donors (Lipinski definition) is 1. The van der Waals surface area contributed by atoms with Crippen molar-refractivity contribution in [2.24, 2.45) is 11.7 Å². The summed E-state index contributed by atoms with van der Waals surface area (Å²) in [4.78, 5) is 0. The van der Waals surface area contributed by atoms with Crippen LogP contribution >= 0.6 is 0 Å². The minimum absolute atomic E-state index is 0.131. The summed E-state index contributed by atoms with van der Waals surface area (Å²) in [7, 11) is 0. The minimum atomic E-state index is -4.08. The van der Waals surface area contributed by atoms with Gasteiger partial charge in [-0.05, 0) is 68.7 Å². The summed E-state index contributed by atoms with van der Waals surface area (Å²) in [6.07, 6.45) is -3.01. The van der Waals surface area contributed by atoms with Crippen molar-refractivity contribution in [3.63, 3.8) is 0 Å². The Morgan fingerprint density at radius 3 is 2.00 bits per heavy atom. The molecule has 4 heteroatoms. The van der Waals surface area contributed by atoms with Crippen LogP contribution in [-0.2, 0) is 5.54 Å². The Labute approximate surface area is 118 Å². The molecule has 0 radical (unpaired) electrons. The third kappa shape index (κ3) is 2.85. The molecule has 0 saturated heterocycles. The Morgan fingerprint density at radius 2 is 1.50 bits per heavy atom. The molecule has 1 aromatic carbocycles. The molecule has 1 saturated carbocycles. The molecule has 1 aromatic rings. The van der Waals surface area contributed by atoms with Crippen LogP contribution in [0.4, 0.5) is 13.2 Å². The molecule has 0 aromatic heterocycles. The SMILES string of the molecule is Cc1cc(C)c(C2(N)CCC(C(F)(F)F)CC2)cc1C. The fraction of sp³-hybridized carbons (Fsp3) is 0.625. The zero-order valence-electron chi connectivity index (χ0n) is 12.3. The Bertz CT molecular complexity index is 497. The number of rotatable bonds is 1. The van der Waals surface area contributed by atoms with Crippen LogP contribution in [0.3, 0.4) is 0 Å². The smallest absolute Gasteiger partial charge is 0.321 e. The van der Waals surface area contributed by atoms with Gasteiger partial charge in [0.15, 0.2) is 0 Å². The second-order valence-corrected chi connectivity index (χ2v) is 6.22. The maximum atomic E-state index is 12.8. The van der Waals surface area contributed by atoms with E-state index in [2.05, 4.69) is 12.1 Å². The summed E-state index contributed by atoms with van der Waals surface area (Å²) in [6.45, 7) is 6.05. The van der Waals surface area contributed by atoms with Gasteiger partial charge in [-0.2, -0.15) is 13.2 Å². The number of aryl methyl sites for hydroxylation is 3. The van der Waals surface area contributed by atoms with Crippen LogP contribution in [0.25, 0.3) is 0 Å². The van der Waals surface area contributed by atoms with E-state index in [-0.39, 0.29) is 12.8 Å². The van der Waals surface area contributed by atoms with Crippen LogP contribution in [0.1, 0.15) is 47.9 Å². The predicted molar refractivity (Wildman–Crippen MR) is 74.5 cm³/mol. The topological polar surface area (TPSA) is 26.0 Å². The monoisotopic (exact) mass is 285 g/mol. The fourth-order valence-electron chi connectivity index (χ4n) is 3.23. The Morgan fingerprint density at radius 1 is 1.00 bits per heavy atom. The van der Waals surface area contributed by atoms with Crippen molar-refractivity contribution < 1.29 is 13.2 Å². The highest BCUT2D eigenvalue weighted by molar-refractivity contribution is 5.40. The van der Waals surface area contributed by atoms with Gasteiger partial charge in [0.25, 0.3) is 0 Å². The van der Waals surface area contributed by atoms with Gasteiger partial charge in [-0.3, -0.25) is 0 Å². The Kier molecular flexibility index (Phi) is 3.89. The third-order valence-corrected chi connectivity index (χ3v) is 4.72. The molecule has 0 aliphatic heterocycles. The minimum Gasteiger partial charge on any atom is -0.321 e. The van der Waals surface area contributed by atoms with Crippen LogP contribution in [0, 0.1) is 26.7 Å². The number of hydrogen-bond acceptors (Lipinski definition) is 1. The molecule has 112 valence electrons. The van der Waals surface area contributed by atoms with E-state index < -0.39 is 17.6 Å². The van der Waals surface area contributed by atoms with E-state index in [1.807, 2.05) is 20.8 Å². The largest absolute Gasteiger partial charge is 0.391 e. The van der Waals surface area contributed by atoms with E-state index >= 15 is 0 Å². The van der Waals surface area contributed by atoms with Crippen molar-refractivity contribution >= 4 is 0 Å². The van der Waals surface area contributed by atoms with Crippen molar-refractivity contribution in [2.75, 3.05) is 0 Å². The van der Waals surface area contributed by atoms with Gasteiger partial charge in [0.2, 0.25) is 0 Å². The molecule has 0 spiro atoms. The van der Waals surface area contributed by atoms with E-state index in [1.54, 1.807) is 0 Å². The number of alkyl halides is 3. The summed E-state index contributed by atoms with van der Waals surface area (Å²) < 4.78 is 38.3. The highest BCUT2D eigenvalue weighted by Crippen LogP contribution is 2.44. The van der Waals surface area contributed by atoms with Crippen molar-refractivity contribution in [3.05, 3.63) is 34.4 Å². The molecule has 0 unspecified atom stereocenters. The number of nitrogens with two attached hydrogens (primary N) is 1. The van der Waals surface area contributed by atoms with E-state index in [0.717, 1.165) is 16.7 Å². The summed E-state index contributed by atoms with van der Waals surface area (Å²) in [6, 6.07) is 4.13. The van der Waals surface area contributed by atoms with Gasteiger partial charge in [-0.25, -0.2) is 0 Å². The fourth-order valence-corrected chi connectivity index (χ4v) is 3.23. The lowest BCUT2D eigenvalue weighted by Crippen LogP contribution is -2.43. The van der Waals surface area contributed by atoms with Gasteiger partial charge in [0.05, 0.1) is 5.92 Å². The van der Waals surface area contributed by atoms with Gasteiger partial charge < -0.3 is 5.73 Å². The molecule has 20 heavy (non-hydrogen) atoms. The summed E-state index contributed by atoms with van der Waals surface area (Å²) in [5, 5.41) is 0. The van der Waals surface area contributed by atoms with Crippen molar-refractivity contribution in [2.45, 2.75) is 58.2 Å². The van der Waals surface area contributed by atoms with Crippen LogP contribution in [0.2, 0.25) is 0 Å². The van der Waals surface area contributed by atoms with Gasteiger partial charge in [-0.1, -0.05) is 12.1 Å². The van der Waals surface area contributed by atoms with Crippen LogP contribution in [0.5, 0.6) is 0 Å². The molecule has 1 fully saturated rings. The number of halogens is 3. The van der Waals surface area contributed by atoms with Crippen LogP contribution in [-0.4, -0.2) is 6.18 Å². The quantitative estimate of drug-likeness (QED) is 0.806. The van der Waals surface area contributed by atoms with E-state index in [4.69, 9.17) is 5.73 Å². The van der Waals surface area contributed by atoms with Crippen molar-refractivity contribution in [3.8, 4) is 0 Å².